The molecule has 3 rings (SSSR count). The molecular weight excluding hydrogens is 269 g/mol. The molecule has 2 atom stereocenters. The zero-order valence-electron chi connectivity index (χ0n) is 12.4. The highest BCUT2D eigenvalue weighted by molar-refractivity contribution is 5.89. The molecule has 1 aromatic rings. The summed E-state index contributed by atoms with van der Waals surface area (Å²) in [5, 5.41) is 6.05. The number of amides is 1. The summed E-state index contributed by atoms with van der Waals surface area (Å²) in [5.74, 6) is -0.660. The van der Waals surface area contributed by atoms with Crippen LogP contribution in [0.25, 0.3) is 0 Å². The van der Waals surface area contributed by atoms with Gasteiger partial charge in [-0.3, -0.25) is 9.69 Å². The van der Waals surface area contributed by atoms with Crippen molar-refractivity contribution in [3.8, 4) is 0 Å². The maximum absolute atomic E-state index is 13.7. The van der Waals surface area contributed by atoms with Crippen molar-refractivity contribution in [1.29, 1.82) is 0 Å². The van der Waals surface area contributed by atoms with E-state index >= 15 is 0 Å². The fourth-order valence-corrected chi connectivity index (χ4v) is 3.53. The Bertz CT molecular complexity index is 534. The predicted octanol–water partition coefficient (Wildman–Crippen LogP) is 2.82. The molecule has 2 saturated heterocycles. The first-order valence-corrected chi connectivity index (χ1v) is 7.71. The molecule has 21 heavy (non-hydrogen) atoms. The lowest BCUT2D eigenvalue weighted by molar-refractivity contribution is -0.114. The van der Waals surface area contributed by atoms with Crippen LogP contribution in [0.3, 0.4) is 0 Å². The van der Waals surface area contributed by atoms with Crippen molar-refractivity contribution in [1.82, 2.24) is 4.90 Å². The lowest BCUT2D eigenvalue weighted by Gasteiger charge is -2.33. The van der Waals surface area contributed by atoms with Gasteiger partial charge in [0, 0.05) is 31.2 Å². The van der Waals surface area contributed by atoms with E-state index in [1.165, 1.54) is 38.8 Å². The first-order valence-electron chi connectivity index (χ1n) is 7.71. The lowest BCUT2D eigenvalue weighted by Crippen LogP contribution is -2.41. The van der Waals surface area contributed by atoms with Gasteiger partial charge < -0.3 is 10.6 Å². The number of nitrogens with one attached hydrogen (secondary N) is 2. The van der Waals surface area contributed by atoms with Crippen LogP contribution in [0.15, 0.2) is 18.2 Å². The highest BCUT2D eigenvalue weighted by Crippen LogP contribution is 2.30. The Labute approximate surface area is 124 Å². The fourth-order valence-electron chi connectivity index (χ4n) is 3.53. The number of piperidine rings is 1. The Hall–Kier alpha value is -1.62. The third-order valence-electron chi connectivity index (χ3n) is 4.49. The van der Waals surface area contributed by atoms with Crippen molar-refractivity contribution in [3.63, 3.8) is 0 Å². The van der Waals surface area contributed by atoms with Gasteiger partial charge in [-0.2, -0.15) is 0 Å². The summed E-state index contributed by atoms with van der Waals surface area (Å²) in [6, 6.07) is 5.84. The molecule has 2 aliphatic heterocycles. The summed E-state index contributed by atoms with van der Waals surface area (Å²) in [4.78, 5) is 13.7. The fraction of sp³-hybridized carbons (Fsp3) is 0.562. The molecule has 1 amide bonds. The minimum Gasteiger partial charge on any atom is -0.381 e. The van der Waals surface area contributed by atoms with E-state index in [-0.39, 0.29) is 11.6 Å². The van der Waals surface area contributed by atoms with Gasteiger partial charge in [0.1, 0.15) is 5.82 Å². The Kier molecular flexibility index (Phi) is 4.10. The van der Waals surface area contributed by atoms with E-state index in [0.29, 0.717) is 12.1 Å². The summed E-state index contributed by atoms with van der Waals surface area (Å²) in [6.45, 7) is 3.72. The monoisotopic (exact) mass is 291 g/mol. The van der Waals surface area contributed by atoms with Crippen molar-refractivity contribution in [2.45, 2.75) is 44.7 Å². The molecule has 0 aliphatic carbocycles. The number of fused-ring (bicyclic) bond motifs is 1. The van der Waals surface area contributed by atoms with Gasteiger partial charge >= 0.3 is 0 Å². The maximum atomic E-state index is 13.7. The van der Waals surface area contributed by atoms with Gasteiger partial charge in [-0.1, -0.05) is 6.42 Å². The molecular formula is C16H22FN3O. The first-order chi connectivity index (χ1) is 10.1. The molecule has 2 fully saturated rings. The third kappa shape index (κ3) is 3.18. The smallest absolute Gasteiger partial charge is 0.221 e. The van der Waals surface area contributed by atoms with Crippen LogP contribution in [-0.4, -0.2) is 36.0 Å². The largest absolute Gasteiger partial charge is 0.381 e. The van der Waals surface area contributed by atoms with Crippen molar-refractivity contribution >= 4 is 17.3 Å². The second-order valence-corrected chi connectivity index (χ2v) is 6.01. The first kappa shape index (κ1) is 14.3. The Morgan fingerprint density at radius 1 is 1.29 bits per heavy atom. The van der Waals surface area contributed by atoms with E-state index in [4.69, 9.17) is 0 Å². The summed E-state index contributed by atoms with van der Waals surface area (Å²) in [7, 11) is 0. The van der Waals surface area contributed by atoms with E-state index in [9.17, 15) is 9.18 Å². The molecule has 0 bridgehead atoms. The van der Waals surface area contributed by atoms with Crippen LogP contribution in [0.1, 0.15) is 32.6 Å². The quantitative estimate of drug-likeness (QED) is 0.900. The van der Waals surface area contributed by atoms with Crippen molar-refractivity contribution in [2.24, 2.45) is 0 Å². The van der Waals surface area contributed by atoms with E-state index in [1.54, 1.807) is 12.1 Å². The van der Waals surface area contributed by atoms with Crippen molar-refractivity contribution < 1.29 is 9.18 Å². The number of hydrogen-bond donors (Lipinski definition) is 2. The highest BCUT2D eigenvalue weighted by atomic mass is 19.1. The van der Waals surface area contributed by atoms with E-state index < -0.39 is 5.82 Å². The maximum Gasteiger partial charge on any atom is 0.221 e. The van der Waals surface area contributed by atoms with Crippen LogP contribution < -0.4 is 10.6 Å². The van der Waals surface area contributed by atoms with Gasteiger partial charge in [-0.05, 0) is 44.0 Å². The molecule has 114 valence electrons. The Balaban J connectivity index is 1.71. The topological polar surface area (TPSA) is 44.4 Å². The van der Waals surface area contributed by atoms with Gasteiger partial charge in [0.15, 0.2) is 0 Å². The summed E-state index contributed by atoms with van der Waals surface area (Å²) in [6.07, 6.45) is 4.95. The second-order valence-electron chi connectivity index (χ2n) is 6.01. The van der Waals surface area contributed by atoms with Gasteiger partial charge in [0.25, 0.3) is 0 Å². The van der Waals surface area contributed by atoms with Gasteiger partial charge in [0.05, 0.1) is 5.69 Å². The van der Waals surface area contributed by atoms with Gasteiger partial charge in [-0.15, -0.1) is 0 Å². The number of halogens is 1. The zero-order valence-corrected chi connectivity index (χ0v) is 12.4. The average molecular weight is 291 g/mol. The molecule has 0 saturated carbocycles. The van der Waals surface area contributed by atoms with Crippen LogP contribution in [0, 0.1) is 5.82 Å². The van der Waals surface area contributed by atoms with Crippen LogP contribution >= 0.6 is 0 Å². The molecule has 2 aliphatic rings. The second kappa shape index (κ2) is 6.02. The zero-order chi connectivity index (χ0) is 14.8. The van der Waals surface area contributed by atoms with E-state index in [1.807, 2.05) is 0 Å². The van der Waals surface area contributed by atoms with Gasteiger partial charge in [-0.25, -0.2) is 4.39 Å². The molecule has 2 heterocycles. The average Bonchev–Trinajstić information content (AvgIpc) is 2.85. The third-order valence-corrected chi connectivity index (χ3v) is 4.49. The number of nitrogens with zero attached hydrogens (tertiary/aromatic N) is 1. The SMILES string of the molecule is CC(=O)Nc1cc(NC2CCN3CCCCC23)ccc1F. The normalized spacial score (nSPS) is 25.4. The summed E-state index contributed by atoms with van der Waals surface area (Å²) >= 11 is 0. The number of benzene rings is 1. The molecule has 2 unspecified atom stereocenters. The predicted molar refractivity (Wildman–Crippen MR) is 81.9 cm³/mol. The van der Waals surface area contributed by atoms with E-state index in [0.717, 1.165) is 18.7 Å². The van der Waals surface area contributed by atoms with E-state index in [2.05, 4.69) is 15.5 Å². The summed E-state index contributed by atoms with van der Waals surface area (Å²) < 4.78 is 13.7. The molecule has 0 radical (unpaired) electrons. The molecule has 1 aromatic carbocycles. The number of rotatable bonds is 3. The van der Waals surface area contributed by atoms with Crippen molar-refractivity contribution in [2.75, 3.05) is 23.7 Å². The Morgan fingerprint density at radius 3 is 2.95 bits per heavy atom. The number of hydrogen-bond acceptors (Lipinski definition) is 3. The van der Waals surface area contributed by atoms with Crippen LogP contribution in [-0.2, 0) is 4.79 Å². The molecule has 5 heteroatoms. The number of carbonyl (C=O) groups is 1. The minimum absolute atomic E-state index is 0.242. The molecule has 0 aromatic heterocycles. The number of carbonyl (C=O) groups excluding carboxylic acids is 1. The standard InChI is InChI=1S/C16H22FN3O/c1-11(21)18-15-10-12(5-6-13(15)17)19-14-7-9-20-8-3-2-4-16(14)20/h5-6,10,14,16,19H,2-4,7-9H2,1H3,(H,18,21). The Morgan fingerprint density at radius 2 is 2.14 bits per heavy atom. The lowest BCUT2D eigenvalue weighted by atomic mass is 9.99. The molecule has 0 spiro atoms. The van der Waals surface area contributed by atoms with Crippen LogP contribution in [0.2, 0.25) is 0 Å². The minimum atomic E-state index is -0.401. The van der Waals surface area contributed by atoms with Crippen LogP contribution in [0.5, 0.6) is 0 Å². The highest BCUT2D eigenvalue weighted by Gasteiger charge is 2.35. The van der Waals surface area contributed by atoms with Crippen molar-refractivity contribution in [3.05, 3.63) is 24.0 Å². The van der Waals surface area contributed by atoms with Gasteiger partial charge in [0.2, 0.25) is 5.91 Å². The molecule has 4 nitrogen and oxygen atoms in total. The molecule has 2 N–H and O–H groups in total. The number of anilines is 2. The van der Waals surface area contributed by atoms with Crippen LogP contribution in [0.4, 0.5) is 15.8 Å². The summed E-state index contributed by atoms with van der Waals surface area (Å²) in [5.41, 5.74) is 1.11.